The molecule has 1 aromatic rings. The van der Waals surface area contributed by atoms with Gasteiger partial charge in [0, 0.05) is 6.42 Å². The number of carbonyl (C=O) groups is 2. The summed E-state index contributed by atoms with van der Waals surface area (Å²) in [4.78, 5) is 22.9. The highest BCUT2D eigenvalue weighted by Crippen LogP contribution is 2.20. The van der Waals surface area contributed by atoms with Gasteiger partial charge in [-0.3, -0.25) is 0 Å². The zero-order chi connectivity index (χ0) is 16.2. The third kappa shape index (κ3) is 5.72. The van der Waals surface area contributed by atoms with Gasteiger partial charge in [0.1, 0.15) is 17.4 Å². The molecular weight excluding hydrogens is 274 g/mol. The van der Waals surface area contributed by atoms with Gasteiger partial charge in [0.25, 0.3) is 0 Å². The zero-order valence-corrected chi connectivity index (χ0v) is 12.6. The summed E-state index contributed by atoms with van der Waals surface area (Å²) < 4.78 is 5.03. The lowest BCUT2D eigenvalue weighted by Crippen LogP contribution is -2.44. The predicted octanol–water partition coefficient (Wildman–Crippen LogP) is 2.22. The van der Waals surface area contributed by atoms with Crippen LogP contribution in [0.3, 0.4) is 0 Å². The van der Waals surface area contributed by atoms with Crippen molar-refractivity contribution in [3.63, 3.8) is 0 Å². The first kappa shape index (κ1) is 16.8. The molecule has 0 saturated heterocycles. The first-order valence-corrected chi connectivity index (χ1v) is 6.59. The number of nitrogens with one attached hydrogen (secondary N) is 1. The van der Waals surface area contributed by atoms with Gasteiger partial charge >= 0.3 is 12.1 Å². The number of carboxylic acid groups (broad SMARTS) is 1. The van der Waals surface area contributed by atoms with E-state index in [1.54, 1.807) is 32.9 Å². The third-order valence-corrected chi connectivity index (χ3v) is 2.65. The predicted molar refractivity (Wildman–Crippen MR) is 77.3 cm³/mol. The molecule has 1 unspecified atom stereocenters. The molecule has 0 bridgehead atoms. The molecule has 0 heterocycles. The van der Waals surface area contributed by atoms with Crippen LogP contribution >= 0.6 is 0 Å². The number of rotatable bonds is 4. The van der Waals surface area contributed by atoms with Gasteiger partial charge in [-0.15, -0.1) is 0 Å². The van der Waals surface area contributed by atoms with E-state index in [1.807, 2.05) is 6.92 Å². The van der Waals surface area contributed by atoms with Crippen molar-refractivity contribution >= 4 is 12.1 Å². The van der Waals surface area contributed by atoms with E-state index in [4.69, 9.17) is 4.74 Å². The molecule has 0 aliphatic rings. The quantitative estimate of drug-likeness (QED) is 0.791. The Balaban J connectivity index is 2.81. The first-order valence-electron chi connectivity index (χ1n) is 6.59. The van der Waals surface area contributed by atoms with Gasteiger partial charge in [0.05, 0.1) is 0 Å². The van der Waals surface area contributed by atoms with E-state index in [0.717, 1.165) is 5.56 Å². The molecule has 6 heteroatoms. The van der Waals surface area contributed by atoms with E-state index < -0.39 is 23.7 Å². The lowest BCUT2D eigenvalue weighted by atomic mass is 10.0. The van der Waals surface area contributed by atoms with Crippen LogP contribution in [-0.2, 0) is 16.0 Å². The minimum absolute atomic E-state index is 0.00200. The first-order chi connectivity index (χ1) is 9.58. The normalized spacial score (nSPS) is 12.6. The van der Waals surface area contributed by atoms with E-state index >= 15 is 0 Å². The second-order valence-corrected chi connectivity index (χ2v) is 5.87. The van der Waals surface area contributed by atoms with Crippen molar-refractivity contribution < 1.29 is 24.5 Å². The molecule has 3 N–H and O–H groups in total. The number of phenolic OH excluding ortho intramolecular Hbond substituents is 1. The Morgan fingerprint density at radius 1 is 1.33 bits per heavy atom. The summed E-state index contributed by atoms with van der Waals surface area (Å²) in [5, 5.41) is 21.2. The van der Waals surface area contributed by atoms with Crippen LogP contribution < -0.4 is 5.32 Å². The molecule has 0 aromatic heterocycles. The highest BCUT2D eigenvalue weighted by Gasteiger charge is 2.25. The van der Waals surface area contributed by atoms with Gasteiger partial charge in [0.2, 0.25) is 0 Å². The fraction of sp³-hybridized carbons (Fsp3) is 0.467. The van der Waals surface area contributed by atoms with Crippen LogP contribution in [0.25, 0.3) is 0 Å². The minimum atomic E-state index is -1.19. The molecule has 0 aliphatic carbocycles. The van der Waals surface area contributed by atoms with Crippen LogP contribution in [0.15, 0.2) is 18.2 Å². The number of benzene rings is 1. The lowest BCUT2D eigenvalue weighted by Gasteiger charge is -2.22. The lowest BCUT2D eigenvalue weighted by molar-refractivity contribution is -0.139. The number of aliphatic carboxylic acids is 1. The topological polar surface area (TPSA) is 95.9 Å². The molecule has 0 aliphatic heterocycles. The fourth-order valence-electron chi connectivity index (χ4n) is 1.75. The Kier molecular flexibility index (Phi) is 5.18. The summed E-state index contributed by atoms with van der Waals surface area (Å²) in [6.07, 6.45) is -0.829. The van der Waals surface area contributed by atoms with E-state index in [-0.39, 0.29) is 12.2 Å². The number of carbonyl (C=O) groups excluding carboxylic acids is 1. The number of ether oxygens (including phenoxy) is 1. The summed E-state index contributed by atoms with van der Waals surface area (Å²) in [5.74, 6) is -1.19. The van der Waals surface area contributed by atoms with Crippen LogP contribution in [0.1, 0.15) is 31.9 Å². The van der Waals surface area contributed by atoms with E-state index in [0.29, 0.717) is 5.56 Å². The average molecular weight is 295 g/mol. The Hall–Kier alpha value is -2.24. The van der Waals surface area contributed by atoms with Crippen molar-refractivity contribution in [2.75, 3.05) is 0 Å². The van der Waals surface area contributed by atoms with Crippen LogP contribution in [0.2, 0.25) is 0 Å². The molecular formula is C15H21NO5. The Morgan fingerprint density at radius 2 is 1.95 bits per heavy atom. The van der Waals surface area contributed by atoms with Crippen molar-refractivity contribution in [1.82, 2.24) is 5.32 Å². The number of hydrogen-bond acceptors (Lipinski definition) is 4. The van der Waals surface area contributed by atoms with Crippen molar-refractivity contribution in [1.29, 1.82) is 0 Å². The molecule has 1 atom stereocenters. The maximum atomic E-state index is 11.7. The number of phenols is 1. The third-order valence-electron chi connectivity index (χ3n) is 2.65. The number of amides is 1. The maximum absolute atomic E-state index is 11.7. The monoisotopic (exact) mass is 295 g/mol. The smallest absolute Gasteiger partial charge is 0.408 e. The van der Waals surface area contributed by atoms with E-state index in [9.17, 15) is 19.8 Å². The number of hydrogen-bond donors (Lipinski definition) is 3. The van der Waals surface area contributed by atoms with Gasteiger partial charge in [-0.2, -0.15) is 0 Å². The highest BCUT2D eigenvalue weighted by atomic mass is 16.6. The van der Waals surface area contributed by atoms with Gasteiger partial charge < -0.3 is 20.3 Å². The standard InChI is InChI=1S/C15H21NO5/c1-9-5-6-12(17)10(7-9)8-11(13(18)19)16-14(20)21-15(2,3)4/h5-7,11,17H,8H2,1-4H3,(H,16,20)(H,18,19). The van der Waals surface area contributed by atoms with Crippen LogP contribution in [0.5, 0.6) is 5.75 Å². The summed E-state index contributed by atoms with van der Waals surface area (Å²) in [5.41, 5.74) is 0.640. The summed E-state index contributed by atoms with van der Waals surface area (Å²) >= 11 is 0. The van der Waals surface area contributed by atoms with Crippen LogP contribution in [0, 0.1) is 6.92 Å². The van der Waals surface area contributed by atoms with Crippen LogP contribution in [0.4, 0.5) is 4.79 Å². The highest BCUT2D eigenvalue weighted by molar-refractivity contribution is 5.80. The number of carboxylic acids is 1. The molecule has 21 heavy (non-hydrogen) atoms. The molecule has 0 radical (unpaired) electrons. The second kappa shape index (κ2) is 6.47. The molecule has 1 rings (SSSR count). The Bertz CT molecular complexity index is 533. The summed E-state index contributed by atoms with van der Waals surface area (Å²) in [6, 6.07) is 3.72. The molecule has 116 valence electrons. The number of aryl methyl sites for hydroxylation is 1. The van der Waals surface area contributed by atoms with Gasteiger partial charge in [0.15, 0.2) is 0 Å². The van der Waals surface area contributed by atoms with Gasteiger partial charge in [-0.25, -0.2) is 9.59 Å². The van der Waals surface area contributed by atoms with Gasteiger partial charge in [-0.05, 0) is 39.3 Å². The van der Waals surface area contributed by atoms with Crippen molar-refractivity contribution in [3.8, 4) is 5.75 Å². The zero-order valence-electron chi connectivity index (χ0n) is 12.6. The van der Waals surface area contributed by atoms with Crippen LogP contribution in [-0.4, -0.2) is 33.9 Å². The minimum Gasteiger partial charge on any atom is -0.508 e. The Labute approximate surface area is 123 Å². The molecule has 0 saturated carbocycles. The average Bonchev–Trinajstić information content (AvgIpc) is 2.30. The summed E-state index contributed by atoms with van der Waals surface area (Å²) in [6.45, 7) is 6.90. The largest absolute Gasteiger partial charge is 0.508 e. The fourth-order valence-corrected chi connectivity index (χ4v) is 1.75. The van der Waals surface area contributed by atoms with E-state index in [2.05, 4.69) is 5.32 Å². The molecule has 6 nitrogen and oxygen atoms in total. The van der Waals surface area contributed by atoms with Crippen molar-refractivity contribution in [2.45, 2.75) is 45.8 Å². The Morgan fingerprint density at radius 3 is 2.48 bits per heavy atom. The van der Waals surface area contributed by atoms with Crippen molar-refractivity contribution in [3.05, 3.63) is 29.3 Å². The molecule has 1 amide bonds. The summed E-state index contributed by atoms with van der Waals surface area (Å²) in [7, 11) is 0. The maximum Gasteiger partial charge on any atom is 0.408 e. The van der Waals surface area contributed by atoms with E-state index in [1.165, 1.54) is 6.07 Å². The van der Waals surface area contributed by atoms with Gasteiger partial charge in [-0.1, -0.05) is 17.7 Å². The SMILES string of the molecule is Cc1ccc(O)c(CC(NC(=O)OC(C)(C)C)C(=O)O)c1. The number of alkyl carbamates (subject to hydrolysis) is 1. The molecule has 0 fully saturated rings. The van der Waals surface area contributed by atoms with Crippen molar-refractivity contribution in [2.24, 2.45) is 0 Å². The molecule has 1 aromatic carbocycles. The second-order valence-electron chi connectivity index (χ2n) is 5.87. The molecule has 0 spiro atoms. The number of aromatic hydroxyl groups is 1.